The molecule has 2 nitrogen and oxygen atoms in total. The molecule has 0 aromatic heterocycles. The summed E-state index contributed by atoms with van der Waals surface area (Å²) in [6.45, 7) is 0. The predicted molar refractivity (Wildman–Crippen MR) is 58.5 cm³/mol. The van der Waals surface area contributed by atoms with E-state index in [2.05, 4.69) is 0 Å². The average Bonchev–Trinajstić information content (AvgIpc) is 2.23. The van der Waals surface area contributed by atoms with Gasteiger partial charge in [-0.25, -0.2) is 0 Å². The number of rotatable bonds is 2. The van der Waals surface area contributed by atoms with Crippen LogP contribution in [0.4, 0.5) is 0 Å². The maximum absolute atomic E-state index is 9.61. The smallest absolute Gasteiger partial charge is 0.123 e. The first-order chi connectivity index (χ1) is 6.83. The molecule has 0 aliphatic heterocycles. The van der Waals surface area contributed by atoms with Crippen LogP contribution in [0, 0.1) is 0 Å². The van der Waals surface area contributed by atoms with Crippen LogP contribution >= 0.6 is 12.0 Å². The zero-order valence-corrected chi connectivity index (χ0v) is 8.54. The van der Waals surface area contributed by atoms with E-state index < -0.39 is 0 Å². The van der Waals surface area contributed by atoms with Crippen molar-refractivity contribution in [2.45, 2.75) is 4.90 Å². The summed E-state index contributed by atoms with van der Waals surface area (Å²) < 4.78 is 5.01. The number of phenolic OH excluding ortho intramolecular Hbond substituents is 1. The van der Waals surface area contributed by atoms with E-state index in [0.29, 0.717) is 5.75 Å². The van der Waals surface area contributed by atoms with Crippen molar-refractivity contribution in [3.8, 4) is 5.75 Å². The highest BCUT2D eigenvalue weighted by Crippen LogP contribution is 2.33. The number of phenols is 1. The van der Waals surface area contributed by atoms with Crippen LogP contribution in [0.3, 0.4) is 0 Å². The van der Waals surface area contributed by atoms with Crippen molar-refractivity contribution in [2.75, 3.05) is 7.11 Å². The molecule has 0 unspecified atom stereocenters. The van der Waals surface area contributed by atoms with Crippen molar-refractivity contribution in [3.63, 3.8) is 0 Å². The highest BCUT2D eigenvalue weighted by Gasteiger charge is 2.04. The fraction of sp³-hybridized carbons (Fsp3) is 0.0909. The van der Waals surface area contributed by atoms with Crippen molar-refractivity contribution in [1.82, 2.24) is 0 Å². The molecule has 0 atom stereocenters. The van der Waals surface area contributed by atoms with Crippen LogP contribution in [0.2, 0.25) is 0 Å². The summed E-state index contributed by atoms with van der Waals surface area (Å²) in [4.78, 5) is 1.01. The number of benzene rings is 2. The lowest BCUT2D eigenvalue weighted by Gasteiger charge is -2.05. The largest absolute Gasteiger partial charge is 0.507 e. The first-order valence-corrected chi connectivity index (χ1v) is 4.98. The van der Waals surface area contributed by atoms with Gasteiger partial charge in [0.25, 0.3) is 0 Å². The molecule has 0 saturated heterocycles. The van der Waals surface area contributed by atoms with E-state index in [0.717, 1.165) is 15.7 Å². The van der Waals surface area contributed by atoms with Gasteiger partial charge in [-0.3, -0.25) is 0 Å². The van der Waals surface area contributed by atoms with Gasteiger partial charge >= 0.3 is 0 Å². The Morgan fingerprint density at radius 2 is 1.79 bits per heavy atom. The molecule has 72 valence electrons. The minimum absolute atomic E-state index is 0.307. The predicted octanol–water partition coefficient (Wildman–Crippen LogP) is 3.20. The van der Waals surface area contributed by atoms with Gasteiger partial charge in [0, 0.05) is 27.7 Å². The zero-order chi connectivity index (χ0) is 9.97. The van der Waals surface area contributed by atoms with Gasteiger partial charge < -0.3 is 9.29 Å². The Hall–Kier alpha value is -1.19. The first-order valence-electron chi connectivity index (χ1n) is 4.24. The van der Waals surface area contributed by atoms with Gasteiger partial charge in [0.15, 0.2) is 0 Å². The van der Waals surface area contributed by atoms with E-state index in [1.54, 1.807) is 13.2 Å². The van der Waals surface area contributed by atoms with Gasteiger partial charge in [0.05, 0.1) is 7.11 Å². The second kappa shape index (κ2) is 3.90. The molecule has 0 aliphatic carbocycles. The van der Waals surface area contributed by atoms with Gasteiger partial charge in [-0.1, -0.05) is 24.3 Å². The van der Waals surface area contributed by atoms with Crippen LogP contribution < -0.4 is 0 Å². The number of fused-ring (bicyclic) bond motifs is 1. The number of hydrogen-bond acceptors (Lipinski definition) is 3. The normalized spacial score (nSPS) is 10.6. The molecular weight excluding hydrogens is 196 g/mol. The fourth-order valence-electron chi connectivity index (χ4n) is 1.42. The van der Waals surface area contributed by atoms with Crippen LogP contribution in [0.25, 0.3) is 10.8 Å². The topological polar surface area (TPSA) is 29.5 Å². The van der Waals surface area contributed by atoms with E-state index in [-0.39, 0.29) is 0 Å². The molecule has 3 heteroatoms. The van der Waals surface area contributed by atoms with Crippen LogP contribution in [0.5, 0.6) is 5.75 Å². The Morgan fingerprint density at radius 3 is 2.50 bits per heavy atom. The van der Waals surface area contributed by atoms with E-state index in [9.17, 15) is 5.11 Å². The molecule has 2 aromatic carbocycles. The lowest BCUT2D eigenvalue weighted by molar-refractivity contribution is 0.480. The SMILES string of the molecule is COSc1ccc(O)c2ccccc12. The maximum atomic E-state index is 9.61. The first kappa shape index (κ1) is 9.37. The lowest BCUT2D eigenvalue weighted by atomic mass is 10.1. The molecule has 0 aliphatic rings. The molecule has 0 saturated carbocycles. The van der Waals surface area contributed by atoms with Crippen molar-refractivity contribution in [1.29, 1.82) is 0 Å². The monoisotopic (exact) mass is 206 g/mol. The molecule has 0 fully saturated rings. The number of hydrogen-bond donors (Lipinski definition) is 1. The van der Waals surface area contributed by atoms with E-state index in [1.807, 2.05) is 30.3 Å². The van der Waals surface area contributed by atoms with Gasteiger partial charge in [-0.05, 0) is 12.1 Å². The van der Waals surface area contributed by atoms with Crippen LogP contribution in [-0.2, 0) is 4.18 Å². The molecule has 0 amide bonds. The third-order valence-corrected chi connectivity index (χ3v) is 2.74. The molecule has 0 bridgehead atoms. The summed E-state index contributed by atoms with van der Waals surface area (Å²) in [5.74, 6) is 0.307. The van der Waals surface area contributed by atoms with Crippen LogP contribution in [-0.4, -0.2) is 12.2 Å². The van der Waals surface area contributed by atoms with Crippen LogP contribution in [0.15, 0.2) is 41.3 Å². The molecule has 2 aromatic rings. The van der Waals surface area contributed by atoms with Crippen molar-refractivity contribution in [3.05, 3.63) is 36.4 Å². The van der Waals surface area contributed by atoms with Gasteiger partial charge in [0.2, 0.25) is 0 Å². The second-order valence-corrected chi connectivity index (χ2v) is 3.82. The third-order valence-electron chi connectivity index (χ3n) is 2.03. The highest BCUT2D eigenvalue weighted by molar-refractivity contribution is 7.94. The quantitative estimate of drug-likeness (QED) is 0.765. The summed E-state index contributed by atoms with van der Waals surface area (Å²) in [6.07, 6.45) is 0. The molecule has 0 radical (unpaired) electrons. The Kier molecular flexibility index (Phi) is 2.61. The standard InChI is InChI=1S/C11H10O2S/c1-13-14-11-7-6-10(12)8-4-2-3-5-9(8)11/h2-7,12H,1H3. The molecule has 0 heterocycles. The van der Waals surface area contributed by atoms with Crippen molar-refractivity contribution >= 4 is 22.8 Å². The molecule has 1 N–H and O–H groups in total. The third kappa shape index (κ3) is 1.56. The minimum Gasteiger partial charge on any atom is -0.507 e. The summed E-state index contributed by atoms with van der Waals surface area (Å²) in [7, 11) is 1.63. The molecule has 0 spiro atoms. The van der Waals surface area contributed by atoms with Crippen molar-refractivity contribution in [2.24, 2.45) is 0 Å². The summed E-state index contributed by atoms with van der Waals surface area (Å²) in [6, 6.07) is 11.3. The second-order valence-electron chi connectivity index (χ2n) is 2.88. The van der Waals surface area contributed by atoms with E-state index >= 15 is 0 Å². The molecule has 14 heavy (non-hydrogen) atoms. The van der Waals surface area contributed by atoms with Crippen LogP contribution in [0.1, 0.15) is 0 Å². The Morgan fingerprint density at radius 1 is 1.07 bits per heavy atom. The molecular formula is C11H10O2S. The highest BCUT2D eigenvalue weighted by atomic mass is 32.2. The fourth-order valence-corrected chi connectivity index (χ4v) is 1.99. The lowest BCUT2D eigenvalue weighted by Crippen LogP contribution is -1.78. The summed E-state index contributed by atoms with van der Waals surface area (Å²) >= 11 is 1.30. The Labute approximate surface area is 86.7 Å². The van der Waals surface area contributed by atoms with Gasteiger partial charge in [-0.15, -0.1) is 0 Å². The average molecular weight is 206 g/mol. The van der Waals surface area contributed by atoms with E-state index in [4.69, 9.17) is 4.18 Å². The van der Waals surface area contributed by atoms with Gasteiger partial charge in [0.1, 0.15) is 5.75 Å². The van der Waals surface area contributed by atoms with Gasteiger partial charge in [-0.2, -0.15) is 0 Å². The Balaban J connectivity index is 2.68. The maximum Gasteiger partial charge on any atom is 0.123 e. The van der Waals surface area contributed by atoms with Crippen molar-refractivity contribution < 1.29 is 9.29 Å². The summed E-state index contributed by atoms with van der Waals surface area (Å²) in [5, 5.41) is 11.5. The zero-order valence-electron chi connectivity index (χ0n) is 7.73. The van der Waals surface area contributed by atoms with E-state index in [1.165, 1.54) is 12.0 Å². The number of aromatic hydroxyl groups is 1. The minimum atomic E-state index is 0.307. The molecule has 2 rings (SSSR count). The summed E-state index contributed by atoms with van der Waals surface area (Å²) in [5.41, 5.74) is 0. The Bertz CT molecular complexity index is 454.